The molecule has 0 unspecified atom stereocenters. The molecule has 0 fully saturated rings. The number of imidazole rings is 1. The van der Waals surface area contributed by atoms with Gasteiger partial charge in [-0.1, -0.05) is 18.2 Å². The van der Waals surface area contributed by atoms with E-state index in [-0.39, 0.29) is 12.5 Å². The van der Waals surface area contributed by atoms with E-state index in [1.54, 1.807) is 30.5 Å². The van der Waals surface area contributed by atoms with Crippen LogP contribution in [0.3, 0.4) is 0 Å². The number of amides is 1. The number of carbonyl (C=O) groups is 1. The molecule has 1 amide bonds. The van der Waals surface area contributed by atoms with Crippen LogP contribution in [-0.4, -0.2) is 26.4 Å². The Bertz CT molecular complexity index is 1110. The summed E-state index contributed by atoms with van der Waals surface area (Å²) in [6.07, 6.45) is 4.39. The van der Waals surface area contributed by atoms with Crippen LogP contribution in [0.5, 0.6) is 0 Å². The van der Waals surface area contributed by atoms with Crippen LogP contribution < -0.4 is 11.1 Å². The minimum atomic E-state index is -0.530. The molecule has 0 spiro atoms. The molecule has 0 bridgehead atoms. The summed E-state index contributed by atoms with van der Waals surface area (Å²) < 4.78 is 8.45. The standard InChI is InChI=1S/C18H16N4O3/c23-17(12-22-14-5-1-2-6-15(14)25-18(22)24)19-9-8-13-11-20-16-7-3-4-10-21(13)16/h1-7,10-11H,8-9,12H2,(H,19,23). The van der Waals surface area contributed by atoms with Crippen molar-refractivity contribution in [1.29, 1.82) is 0 Å². The monoisotopic (exact) mass is 336 g/mol. The Labute approximate surface area is 142 Å². The van der Waals surface area contributed by atoms with Gasteiger partial charge in [-0.2, -0.15) is 0 Å². The number of oxazole rings is 1. The average Bonchev–Trinajstić information content (AvgIpc) is 3.17. The van der Waals surface area contributed by atoms with Crippen molar-refractivity contribution in [2.24, 2.45) is 0 Å². The smallest absolute Gasteiger partial charge is 0.408 e. The highest BCUT2D eigenvalue weighted by atomic mass is 16.4. The molecule has 4 aromatic rings. The summed E-state index contributed by atoms with van der Waals surface area (Å²) in [7, 11) is 0. The average molecular weight is 336 g/mol. The minimum Gasteiger partial charge on any atom is -0.408 e. The maximum Gasteiger partial charge on any atom is 0.420 e. The third-order valence-electron chi connectivity index (χ3n) is 4.07. The van der Waals surface area contributed by atoms with E-state index < -0.39 is 5.76 Å². The molecule has 0 aliphatic rings. The molecular weight excluding hydrogens is 320 g/mol. The molecule has 1 aromatic carbocycles. The Morgan fingerprint density at radius 2 is 2.00 bits per heavy atom. The number of hydrogen-bond acceptors (Lipinski definition) is 4. The van der Waals surface area contributed by atoms with E-state index in [0.29, 0.717) is 24.1 Å². The number of nitrogens with zero attached hydrogens (tertiary/aromatic N) is 3. The van der Waals surface area contributed by atoms with Gasteiger partial charge in [0.15, 0.2) is 5.58 Å². The summed E-state index contributed by atoms with van der Waals surface area (Å²) in [5, 5.41) is 2.83. The Morgan fingerprint density at radius 1 is 1.16 bits per heavy atom. The fourth-order valence-electron chi connectivity index (χ4n) is 2.86. The van der Waals surface area contributed by atoms with E-state index in [1.807, 2.05) is 28.8 Å². The maximum absolute atomic E-state index is 12.2. The summed E-state index contributed by atoms with van der Waals surface area (Å²) in [6, 6.07) is 12.8. The molecule has 0 saturated heterocycles. The first kappa shape index (κ1) is 15.2. The number of benzene rings is 1. The molecule has 3 aromatic heterocycles. The molecule has 0 aliphatic carbocycles. The molecule has 3 heterocycles. The summed E-state index contributed by atoms with van der Waals surface area (Å²) in [5.41, 5.74) is 2.98. The highest BCUT2D eigenvalue weighted by Crippen LogP contribution is 2.11. The largest absolute Gasteiger partial charge is 0.420 e. The Kier molecular flexibility index (Phi) is 3.81. The van der Waals surface area contributed by atoms with E-state index in [0.717, 1.165) is 11.3 Å². The lowest BCUT2D eigenvalue weighted by Crippen LogP contribution is -2.32. The highest BCUT2D eigenvalue weighted by Gasteiger charge is 2.12. The molecule has 0 atom stereocenters. The zero-order chi connectivity index (χ0) is 17.2. The Hall–Kier alpha value is -3.35. The number of aromatic nitrogens is 3. The fraction of sp³-hybridized carbons (Fsp3) is 0.167. The van der Waals surface area contributed by atoms with Gasteiger partial charge in [-0.15, -0.1) is 0 Å². The molecule has 0 radical (unpaired) electrons. The van der Waals surface area contributed by atoms with Crippen LogP contribution in [0.1, 0.15) is 5.69 Å². The zero-order valence-electron chi connectivity index (χ0n) is 13.4. The van der Waals surface area contributed by atoms with Gasteiger partial charge < -0.3 is 14.1 Å². The van der Waals surface area contributed by atoms with E-state index in [1.165, 1.54) is 4.57 Å². The van der Waals surface area contributed by atoms with Crippen molar-refractivity contribution >= 4 is 22.7 Å². The SMILES string of the molecule is O=C(Cn1c(=O)oc2ccccc21)NCCc1cnc2ccccn12. The second kappa shape index (κ2) is 6.27. The lowest BCUT2D eigenvalue weighted by atomic mass is 10.3. The summed E-state index contributed by atoms with van der Waals surface area (Å²) in [5.74, 6) is -0.763. The van der Waals surface area contributed by atoms with Gasteiger partial charge >= 0.3 is 5.76 Å². The molecule has 4 rings (SSSR count). The van der Waals surface area contributed by atoms with Crippen molar-refractivity contribution < 1.29 is 9.21 Å². The normalized spacial score (nSPS) is 11.2. The van der Waals surface area contributed by atoms with Gasteiger partial charge in [-0.05, 0) is 24.3 Å². The molecule has 0 saturated carbocycles. The van der Waals surface area contributed by atoms with Gasteiger partial charge in [-0.25, -0.2) is 9.78 Å². The van der Waals surface area contributed by atoms with E-state index in [2.05, 4.69) is 10.3 Å². The Balaban J connectivity index is 1.41. The summed E-state index contributed by atoms with van der Waals surface area (Å²) in [6.45, 7) is 0.398. The fourth-order valence-corrected chi connectivity index (χ4v) is 2.86. The number of para-hydroxylation sites is 2. The predicted octanol–water partition coefficient (Wildman–Crippen LogP) is 1.60. The second-order valence-electron chi connectivity index (χ2n) is 5.70. The Morgan fingerprint density at radius 3 is 2.92 bits per heavy atom. The van der Waals surface area contributed by atoms with E-state index in [9.17, 15) is 9.59 Å². The van der Waals surface area contributed by atoms with Crippen LogP contribution in [0.25, 0.3) is 16.7 Å². The van der Waals surface area contributed by atoms with E-state index >= 15 is 0 Å². The quantitative estimate of drug-likeness (QED) is 0.600. The number of pyridine rings is 1. The van der Waals surface area contributed by atoms with Crippen molar-refractivity contribution in [3.8, 4) is 0 Å². The van der Waals surface area contributed by atoms with Crippen LogP contribution in [0, 0.1) is 0 Å². The molecule has 7 heteroatoms. The van der Waals surface area contributed by atoms with Gasteiger partial charge in [-0.3, -0.25) is 9.36 Å². The third-order valence-corrected chi connectivity index (χ3v) is 4.07. The van der Waals surface area contributed by atoms with Gasteiger partial charge in [0, 0.05) is 31.1 Å². The van der Waals surface area contributed by atoms with Crippen LogP contribution in [0.15, 0.2) is 64.1 Å². The molecule has 7 nitrogen and oxygen atoms in total. The molecule has 0 aliphatic heterocycles. The van der Waals surface area contributed by atoms with Crippen LogP contribution >= 0.6 is 0 Å². The number of rotatable bonds is 5. The van der Waals surface area contributed by atoms with Gasteiger partial charge in [0.05, 0.1) is 5.52 Å². The number of carbonyl (C=O) groups excluding carboxylic acids is 1. The zero-order valence-corrected chi connectivity index (χ0v) is 13.4. The van der Waals surface area contributed by atoms with Crippen LogP contribution in [-0.2, 0) is 17.8 Å². The first-order valence-corrected chi connectivity index (χ1v) is 7.98. The van der Waals surface area contributed by atoms with Crippen molar-refractivity contribution in [2.75, 3.05) is 6.54 Å². The topological polar surface area (TPSA) is 81.5 Å². The summed E-state index contributed by atoms with van der Waals surface area (Å²) >= 11 is 0. The van der Waals surface area contributed by atoms with Gasteiger partial charge in [0.2, 0.25) is 5.91 Å². The predicted molar refractivity (Wildman–Crippen MR) is 92.4 cm³/mol. The lowest BCUT2D eigenvalue weighted by molar-refractivity contribution is -0.121. The molecule has 126 valence electrons. The maximum atomic E-state index is 12.2. The molecule has 1 N–H and O–H groups in total. The van der Waals surface area contributed by atoms with Crippen LogP contribution in [0.2, 0.25) is 0 Å². The first-order valence-electron chi connectivity index (χ1n) is 7.98. The second-order valence-corrected chi connectivity index (χ2v) is 5.70. The number of nitrogens with one attached hydrogen (secondary N) is 1. The van der Waals surface area contributed by atoms with Gasteiger partial charge in [0.25, 0.3) is 0 Å². The van der Waals surface area contributed by atoms with Crippen molar-refractivity contribution in [2.45, 2.75) is 13.0 Å². The van der Waals surface area contributed by atoms with Crippen molar-refractivity contribution in [3.05, 3.63) is 71.1 Å². The molecule has 25 heavy (non-hydrogen) atoms. The van der Waals surface area contributed by atoms with Gasteiger partial charge in [0.1, 0.15) is 12.2 Å². The van der Waals surface area contributed by atoms with Crippen molar-refractivity contribution in [1.82, 2.24) is 19.3 Å². The third kappa shape index (κ3) is 2.91. The van der Waals surface area contributed by atoms with Crippen LogP contribution in [0.4, 0.5) is 0 Å². The number of hydrogen-bond donors (Lipinski definition) is 1. The lowest BCUT2D eigenvalue weighted by Gasteiger charge is -2.06. The minimum absolute atomic E-state index is 0.0665. The number of fused-ring (bicyclic) bond motifs is 2. The van der Waals surface area contributed by atoms with Crippen molar-refractivity contribution in [3.63, 3.8) is 0 Å². The highest BCUT2D eigenvalue weighted by molar-refractivity contribution is 5.79. The first-order chi connectivity index (χ1) is 12.2. The molecular formula is C18H16N4O3. The van der Waals surface area contributed by atoms with E-state index in [4.69, 9.17) is 4.42 Å². The summed E-state index contributed by atoms with van der Waals surface area (Å²) in [4.78, 5) is 28.4.